The Balaban J connectivity index is 1.99. The van der Waals surface area contributed by atoms with E-state index in [-0.39, 0.29) is 23.4 Å². The molecule has 0 atom stereocenters. The Labute approximate surface area is 168 Å². The number of hydrogen-bond donors (Lipinski definition) is 2. The van der Waals surface area contributed by atoms with Crippen LogP contribution in [0.3, 0.4) is 0 Å². The molecule has 152 valence electrons. The van der Waals surface area contributed by atoms with E-state index in [0.29, 0.717) is 11.6 Å². The minimum atomic E-state index is -3.51. The number of nitrogens with one attached hydrogen (secondary N) is 2. The van der Waals surface area contributed by atoms with Gasteiger partial charge in [-0.3, -0.25) is 4.79 Å². The number of carbonyl (C=O) groups excluding carboxylic acids is 1. The van der Waals surface area contributed by atoms with E-state index < -0.39 is 10.0 Å². The van der Waals surface area contributed by atoms with Crippen molar-refractivity contribution in [2.45, 2.75) is 44.6 Å². The molecule has 7 heteroatoms. The highest BCUT2D eigenvalue weighted by molar-refractivity contribution is 7.89. The number of sulfonamides is 1. The summed E-state index contributed by atoms with van der Waals surface area (Å²) in [5.41, 5.74) is 2.57. The van der Waals surface area contributed by atoms with Crippen molar-refractivity contribution in [2.24, 2.45) is 0 Å². The molecule has 2 rings (SSSR count). The van der Waals surface area contributed by atoms with Crippen LogP contribution in [0.5, 0.6) is 0 Å². The first-order valence-corrected chi connectivity index (χ1v) is 10.8. The summed E-state index contributed by atoms with van der Waals surface area (Å²) < 4.78 is 26.3. The minimum absolute atomic E-state index is 0.0877. The molecule has 0 spiro atoms. The first-order chi connectivity index (χ1) is 13.1. The molecule has 1 amide bonds. The van der Waals surface area contributed by atoms with Crippen LogP contribution < -0.4 is 10.6 Å². The Kier molecular flexibility index (Phi) is 7.21. The molecular weight excluding hydrogens is 374 g/mol. The lowest BCUT2D eigenvalue weighted by Crippen LogP contribution is -2.33. The normalized spacial score (nSPS) is 11.9. The van der Waals surface area contributed by atoms with Gasteiger partial charge in [-0.1, -0.05) is 32.0 Å². The van der Waals surface area contributed by atoms with Crippen molar-refractivity contribution < 1.29 is 13.2 Å². The summed E-state index contributed by atoms with van der Waals surface area (Å²) in [5.74, 6) is 0.146. The van der Waals surface area contributed by atoms with Gasteiger partial charge in [-0.05, 0) is 55.7 Å². The summed E-state index contributed by atoms with van der Waals surface area (Å²) in [6.07, 6.45) is 0. The van der Waals surface area contributed by atoms with Crippen molar-refractivity contribution in [1.82, 2.24) is 4.31 Å². The van der Waals surface area contributed by atoms with Crippen LogP contribution in [0.15, 0.2) is 53.4 Å². The van der Waals surface area contributed by atoms with Crippen molar-refractivity contribution in [3.05, 3.63) is 54.1 Å². The highest BCUT2D eigenvalue weighted by atomic mass is 32.2. The van der Waals surface area contributed by atoms with Gasteiger partial charge in [0.1, 0.15) is 0 Å². The predicted octanol–water partition coefficient (Wildman–Crippen LogP) is 3.89. The largest absolute Gasteiger partial charge is 0.376 e. The molecule has 0 aliphatic heterocycles. The molecule has 0 fully saturated rings. The maximum absolute atomic E-state index is 12.5. The number of para-hydroxylation sites is 1. The van der Waals surface area contributed by atoms with Crippen LogP contribution in [-0.4, -0.2) is 38.3 Å². The lowest BCUT2D eigenvalue weighted by atomic mass is 10.0. The molecule has 2 aromatic rings. The van der Waals surface area contributed by atoms with E-state index >= 15 is 0 Å². The van der Waals surface area contributed by atoms with Crippen molar-refractivity contribution in [3.63, 3.8) is 0 Å². The second-order valence-electron chi connectivity index (χ2n) is 7.28. The summed E-state index contributed by atoms with van der Waals surface area (Å²) in [6.45, 7) is 7.89. The first-order valence-electron chi connectivity index (χ1n) is 9.33. The lowest BCUT2D eigenvalue weighted by Gasteiger charge is -2.21. The molecule has 0 unspecified atom stereocenters. The van der Waals surface area contributed by atoms with Gasteiger partial charge >= 0.3 is 0 Å². The van der Waals surface area contributed by atoms with Crippen LogP contribution in [-0.2, 0) is 14.8 Å². The first kappa shape index (κ1) is 21.9. The molecule has 0 aliphatic rings. The van der Waals surface area contributed by atoms with Gasteiger partial charge in [0.15, 0.2) is 0 Å². The van der Waals surface area contributed by atoms with Gasteiger partial charge in [-0.15, -0.1) is 0 Å². The molecule has 28 heavy (non-hydrogen) atoms. The summed E-state index contributed by atoms with van der Waals surface area (Å²) in [4.78, 5) is 12.5. The average Bonchev–Trinajstić information content (AvgIpc) is 2.66. The van der Waals surface area contributed by atoms with E-state index in [2.05, 4.69) is 24.5 Å². The summed E-state index contributed by atoms with van der Waals surface area (Å²) in [7, 11) is -1.95. The fourth-order valence-electron chi connectivity index (χ4n) is 2.68. The molecule has 0 aromatic heterocycles. The quantitative estimate of drug-likeness (QED) is 0.701. The van der Waals surface area contributed by atoms with Gasteiger partial charge in [0.25, 0.3) is 0 Å². The number of amides is 1. The van der Waals surface area contributed by atoms with E-state index in [0.717, 1.165) is 11.3 Å². The number of benzene rings is 2. The highest BCUT2D eigenvalue weighted by Gasteiger charge is 2.22. The van der Waals surface area contributed by atoms with E-state index in [9.17, 15) is 13.2 Å². The highest BCUT2D eigenvalue weighted by Crippen LogP contribution is 2.23. The maximum Gasteiger partial charge on any atom is 0.243 e. The molecular formula is C21H29N3O3S. The van der Waals surface area contributed by atoms with Gasteiger partial charge in [-0.25, -0.2) is 8.42 Å². The fourth-order valence-corrected chi connectivity index (χ4v) is 4.05. The van der Waals surface area contributed by atoms with E-state index in [4.69, 9.17) is 0 Å². The van der Waals surface area contributed by atoms with Crippen LogP contribution in [0.25, 0.3) is 0 Å². The molecule has 0 radical (unpaired) electrons. The maximum atomic E-state index is 12.5. The van der Waals surface area contributed by atoms with Gasteiger partial charge in [0, 0.05) is 24.5 Å². The van der Waals surface area contributed by atoms with Crippen LogP contribution in [0.1, 0.15) is 39.2 Å². The van der Waals surface area contributed by atoms with Gasteiger partial charge in [0.2, 0.25) is 15.9 Å². The Morgan fingerprint density at radius 3 is 2.18 bits per heavy atom. The average molecular weight is 404 g/mol. The van der Waals surface area contributed by atoms with Crippen LogP contribution in [0.4, 0.5) is 11.4 Å². The Morgan fingerprint density at radius 1 is 1.00 bits per heavy atom. The Hall–Kier alpha value is -2.38. The van der Waals surface area contributed by atoms with E-state index in [1.54, 1.807) is 31.3 Å². The fraction of sp³-hybridized carbons (Fsp3) is 0.381. The molecule has 0 heterocycles. The van der Waals surface area contributed by atoms with Crippen LogP contribution in [0, 0.1) is 0 Å². The van der Waals surface area contributed by atoms with E-state index in [1.807, 2.05) is 38.1 Å². The third kappa shape index (κ3) is 5.33. The zero-order chi connectivity index (χ0) is 20.9. The van der Waals surface area contributed by atoms with E-state index in [1.165, 1.54) is 4.31 Å². The monoisotopic (exact) mass is 403 g/mol. The SMILES string of the molecule is CC(C)c1ccccc1NC(=O)CNc1ccc(S(=O)(=O)N(C)C(C)C)cc1. The zero-order valence-electron chi connectivity index (χ0n) is 17.1. The molecule has 2 N–H and O–H groups in total. The zero-order valence-corrected chi connectivity index (χ0v) is 17.9. The van der Waals surface area contributed by atoms with Crippen molar-refractivity contribution >= 4 is 27.3 Å². The molecule has 0 saturated carbocycles. The minimum Gasteiger partial charge on any atom is -0.376 e. The summed E-state index contributed by atoms with van der Waals surface area (Å²) >= 11 is 0. The number of carbonyl (C=O) groups is 1. The Bertz CT molecular complexity index is 907. The van der Waals surface area contributed by atoms with Crippen molar-refractivity contribution in [3.8, 4) is 0 Å². The topological polar surface area (TPSA) is 78.5 Å². The van der Waals surface area contributed by atoms with Crippen molar-refractivity contribution in [1.29, 1.82) is 0 Å². The van der Waals surface area contributed by atoms with Gasteiger partial charge in [-0.2, -0.15) is 4.31 Å². The van der Waals surface area contributed by atoms with Crippen LogP contribution >= 0.6 is 0 Å². The summed E-state index contributed by atoms with van der Waals surface area (Å²) in [6, 6.07) is 14.0. The van der Waals surface area contributed by atoms with Crippen molar-refractivity contribution in [2.75, 3.05) is 24.2 Å². The molecule has 0 aliphatic carbocycles. The lowest BCUT2D eigenvalue weighted by molar-refractivity contribution is -0.114. The number of rotatable bonds is 8. The summed E-state index contributed by atoms with van der Waals surface area (Å²) in [5, 5.41) is 5.94. The molecule has 6 nitrogen and oxygen atoms in total. The third-order valence-electron chi connectivity index (χ3n) is 4.57. The molecule has 0 saturated heterocycles. The third-order valence-corrected chi connectivity index (χ3v) is 6.62. The Morgan fingerprint density at radius 2 is 1.61 bits per heavy atom. The second kappa shape index (κ2) is 9.21. The smallest absolute Gasteiger partial charge is 0.243 e. The second-order valence-corrected chi connectivity index (χ2v) is 9.28. The van der Waals surface area contributed by atoms with Crippen LogP contribution in [0.2, 0.25) is 0 Å². The van der Waals surface area contributed by atoms with Gasteiger partial charge < -0.3 is 10.6 Å². The number of nitrogens with zero attached hydrogens (tertiary/aromatic N) is 1. The predicted molar refractivity (Wildman–Crippen MR) is 114 cm³/mol. The number of anilines is 2. The molecule has 2 aromatic carbocycles. The molecule has 0 bridgehead atoms. The van der Waals surface area contributed by atoms with Gasteiger partial charge in [0.05, 0.1) is 11.4 Å². The standard InChI is InChI=1S/C21H29N3O3S/c1-15(2)19-8-6-7-9-20(19)23-21(25)14-22-17-10-12-18(13-11-17)28(26,27)24(5)16(3)4/h6-13,15-16,22H,14H2,1-5H3,(H,23,25). The number of hydrogen-bond acceptors (Lipinski definition) is 4.